The highest BCUT2D eigenvalue weighted by Crippen LogP contribution is 2.39. The van der Waals surface area contributed by atoms with Gasteiger partial charge in [0.25, 0.3) is 5.69 Å². The van der Waals surface area contributed by atoms with Crippen LogP contribution in [-0.4, -0.2) is 15.6 Å². The van der Waals surface area contributed by atoms with Gasteiger partial charge in [0, 0.05) is 17.2 Å². The van der Waals surface area contributed by atoms with Gasteiger partial charge in [0.15, 0.2) is 0 Å². The van der Waals surface area contributed by atoms with Crippen LogP contribution in [0.5, 0.6) is 0 Å². The molecule has 1 N–H and O–H groups in total. The molecule has 1 aromatic carbocycles. The van der Waals surface area contributed by atoms with E-state index in [-0.39, 0.29) is 22.5 Å². The first-order valence-electron chi connectivity index (χ1n) is 7.64. The summed E-state index contributed by atoms with van der Waals surface area (Å²) in [5.41, 5.74) is 2.85. The van der Waals surface area contributed by atoms with E-state index >= 15 is 0 Å². The van der Waals surface area contributed by atoms with Crippen LogP contribution < -0.4 is 5.43 Å². The minimum absolute atomic E-state index is 0.128. The average Bonchev–Trinajstić information content (AvgIpc) is 2.54. The van der Waals surface area contributed by atoms with Crippen molar-refractivity contribution in [1.29, 1.82) is 0 Å². The Kier molecular flexibility index (Phi) is 4.96. The first-order chi connectivity index (χ1) is 11.3. The summed E-state index contributed by atoms with van der Waals surface area (Å²) in [4.78, 5) is 20.6. The van der Waals surface area contributed by atoms with Gasteiger partial charge in [-0.3, -0.25) is 25.7 Å². The lowest BCUT2D eigenvalue weighted by molar-refractivity contribution is -0.393. The Morgan fingerprint density at radius 1 is 1.29 bits per heavy atom. The Balaban J connectivity index is 2.29. The molecule has 8 heteroatoms. The van der Waals surface area contributed by atoms with Gasteiger partial charge in [0.1, 0.15) is 5.69 Å². The first-order valence-corrected chi connectivity index (χ1v) is 7.64. The second-order valence-electron chi connectivity index (χ2n) is 6.25. The van der Waals surface area contributed by atoms with Crippen molar-refractivity contribution in [2.75, 3.05) is 5.43 Å². The zero-order valence-electron chi connectivity index (χ0n) is 13.9. The SMILES string of the molecule is C/C(=N\Nc1ccc([N+](=O)[O-])cc1[N+](=O)[O-])[C@]1(C)CC=CC[C@H]1C. The number of allylic oxidation sites excluding steroid dienone is 2. The van der Waals surface area contributed by atoms with Crippen LogP contribution in [0.3, 0.4) is 0 Å². The number of hydrazone groups is 1. The minimum atomic E-state index is -0.664. The lowest BCUT2D eigenvalue weighted by atomic mass is 9.68. The molecule has 0 heterocycles. The number of hydrogen-bond acceptors (Lipinski definition) is 6. The van der Waals surface area contributed by atoms with Gasteiger partial charge in [-0.25, -0.2) is 0 Å². The van der Waals surface area contributed by atoms with Crippen molar-refractivity contribution in [1.82, 2.24) is 0 Å². The van der Waals surface area contributed by atoms with Crippen molar-refractivity contribution >= 4 is 22.8 Å². The number of anilines is 1. The summed E-state index contributed by atoms with van der Waals surface area (Å²) in [7, 11) is 0. The van der Waals surface area contributed by atoms with E-state index in [0.717, 1.165) is 24.6 Å². The van der Waals surface area contributed by atoms with Crippen molar-refractivity contribution < 1.29 is 9.85 Å². The van der Waals surface area contributed by atoms with Gasteiger partial charge in [-0.1, -0.05) is 26.0 Å². The third-order valence-corrected chi connectivity index (χ3v) is 4.85. The fourth-order valence-corrected chi connectivity index (χ4v) is 2.75. The zero-order chi connectivity index (χ0) is 17.9. The molecule has 1 aromatic rings. The van der Waals surface area contributed by atoms with E-state index in [1.165, 1.54) is 12.1 Å². The molecule has 0 aliphatic heterocycles. The maximum Gasteiger partial charge on any atom is 0.301 e. The van der Waals surface area contributed by atoms with E-state index < -0.39 is 9.85 Å². The molecule has 8 nitrogen and oxygen atoms in total. The highest BCUT2D eigenvalue weighted by Gasteiger charge is 2.34. The molecule has 0 saturated heterocycles. The van der Waals surface area contributed by atoms with Crippen molar-refractivity contribution in [3.8, 4) is 0 Å². The second kappa shape index (κ2) is 6.77. The van der Waals surface area contributed by atoms with E-state index in [1.54, 1.807) is 0 Å². The highest BCUT2D eigenvalue weighted by atomic mass is 16.6. The third-order valence-electron chi connectivity index (χ3n) is 4.85. The number of nitro benzene ring substituents is 2. The summed E-state index contributed by atoms with van der Waals surface area (Å²) in [5, 5.41) is 26.2. The molecule has 2 atom stereocenters. The van der Waals surface area contributed by atoms with Gasteiger partial charge >= 0.3 is 5.69 Å². The molecule has 1 aliphatic carbocycles. The third kappa shape index (κ3) is 3.42. The predicted molar refractivity (Wildman–Crippen MR) is 92.1 cm³/mol. The van der Waals surface area contributed by atoms with Crippen molar-refractivity contribution in [2.45, 2.75) is 33.6 Å². The number of nitrogens with zero attached hydrogens (tertiary/aromatic N) is 3. The maximum atomic E-state index is 11.1. The standard InChI is InChI=1S/C16H20N4O4/c1-11-6-4-5-9-16(11,3)12(2)17-18-14-8-7-13(19(21)22)10-15(14)20(23)24/h4-5,7-8,10-11,18H,6,9H2,1-3H3/b17-12+/t11-,16-/m1/s1. The van der Waals surface area contributed by atoms with Gasteiger partial charge < -0.3 is 0 Å². The summed E-state index contributed by atoms with van der Waals surface area (Å²) in [6, 6.07) is 3.45. The van der Waals surface area contributed by atoms with Crippen LogP contribution in [-0.2, 0) is 0 Å². The number of nitro groups is 2. The summed E-state index contributed by atoms with van der Waals surface area (Å²) < 4.78 is 0. The molecular weight excluding hydrogens is 312 g/mol. The van der Waals surface area contributed by atoms with Gasteiger partial charge in [-0.05, 0) is 31.7 Å². The van der Waals surface area contributed by atoms with E-state index in [4.69, 9.17) is 0 Å². The Labute approximate surface area is 139 Å². The van der Waals surface area contributed by atoms with Crippen LogP contribution in [0.1, 0.15) is 33.6 Å². The van der Waals surface area contributed by atoms with Crippen LogP contribution in [0.4, 0.5) is 17.1 Å². The molecule has 0 unspecified atom stereocenters. The van der Waals surface area contributed by atoms with Crippen LogP contribution in [0.2, 0.25) is 0 Å². The lowest BCUT2D eigenvalue weighted by Crippen LogP contribution is -2.34. The fraction of sp³-hybridized carbons (Fsp3) is 0.438. The van der Waals surface area contributed by atoms with Gasteiger partial charge in [0.05, 0.1) is 15.9 Å². The van der Waals surface area contributed by atoms with E-state index in [0.29, 0.717) is 5.92 Å². The molecule has 1 aliphatic rings. The molecule has 0 amide bonds. The summed E-state index contributed by atoms with van der Waals surface area (Å²) in [5.74, 6) is 0.403. The smallest absolute Gasteiger partial charge is 0.272 e. The Morgan fingerprint density at radius 2 is 2.00 bits per heavy atom. The van der Waals surface area contributed by atoms with Crippen molar-refractivity contribution in [3.05, 3.63) is 50.6 Å². The Bertz CT molecular complexity index is 729. The number of nitrogens with one attached hydrogen (secondary N) is 1. The van der Waals surface area contributed by atoms with Gasteiger partial charge in [-0.2, -0.15) is 5.10 Å². The molecule has 0 spiro atoms. The molecule has 128 valence electrons. The second-order valence-corrected chi connectivity index (χ2v) is 6.25. The van der Waals surface area contributed by atoms with Crippen molar-refractivity contribution in [3.63, 3.8) is 0 Å². The van der Waals surface area contributed by atoms with Gasteiger partial charge in [-0.15, -0.1) is 0 Å². The average molecular weight is 332 g/mol. The molecule has 0 saturated carbocycles. The first kappa shape index (κ1) is 17.6. The largest absolute Gasteiger partial charge is 0.301 e. The van der Waals surface area contributed by atoms with Crippen LogP contribution >= 0.6 is 0 Å². The molecule has 2 rings (SSSR count). The molecule has 0 bridgehead atoms. The predicted octanol–water partition coefficient (Wildman–Crippen LogP) is 4.28. The normalized spacial score (nSPS) is 23.8. The highest BCUT2D eigenvalue weighted by molar-refractivity contribution is 5.89. The molecule has 0 fully saturated rings. The number of benzene rings is 1. The molecule has 0 radical (unpaired) electrons. The molecular formula is C16H20N4O4. The van der Waals surface area contributed by atoms with Crippen LogP contribution in [0, 0.1) is 31.6 Å². The lowest BCUT2D eigenvalue weighted by Gasteiger charge is -2.37. The molecule has 24 heavy (non-hydrogen) atoms. The van der Waals surface area contributed by atoms with Crippen LogP contribution in [0.25, 0.3) is 0 Å². The monoisotopic (exact) mass is 332 g/mol. The number of non-ortho nitro benzene ring substituents is 1. The summed E-state index contributed by atoms with van der Waals surface area (Å²) in [6.45, 7) is 6.16. The van der Waals surface area contributed by atoms with E-state index in [2.05, 4.69) is 36.5 Å². The van der Waals surface area contributed by atoms with E-state index in [9.17, 15) is 20.2 Å². The Hall–Kier alpha value is -2.77. The fourth-order valence-electron chi connectivity index (χ4n) is 2.75. The summed E-state index contributed by atoms with van der Waals surface area (Å²) in [6.07, 6.45) is 6.08. The van der Waals surface area contributed by atoms with Crippen LogP contribution in [0.15, 0.2) is 35.5 Å². The zero-order valence-corrected chi connectivity index (χ0v) is 13.9. The Morgan fingerprint density at radius 3 is 2.58 bits per heavy atom. The van der Waals surface area contributed by atoms with Gasteiger partial charge in [0.2, 0.25) is 0 Å². The maximum absolute atomic E-state index is 11.1. The topological polar surface area (TPSA) is 111 Å². The quantitative estimate of drug-likeness (QED) is 0.374. The number of rotatable bonds is 5. The van der Waals surface area contributed by atoms with Crippen molar-refractivity contribution in [2.24, 2.45) is 16.4 Å². The van der Waals surface area contributed by atoms with E-state index in [1.807, 2.05) is 6.92 Å². The summed E-state index contributed by atoms with van der Waals surface area (Å²) >= 11 is 0. The number of hydrogen-bond donors (Lipinski definition) is 1. The minimum Gasteiger partial charge on any atom is -0.272 e. The molecule has 0 aromatic heterocycles.